The van der Waals surface area contributed by atoms with Crippen LogP contribution in [0.1, 0.15) is 19.4 Å². The van der Waals surface area contributed by atoms with Gasteiger partial charge in [-0.3, -0.25) is 4.90 Å². The molecule has 4 heteroatoms. The van der Waals surface area contributed by atoms with Crippen LogP contribution in [0.2, 0.25) is 5.02 Å². The molecule has 2 nitrogen and oxygen atoms in total. The van der Waals surface area contributed by atoms with Crippen molar-refractivity contribution in [3.63, 3.8) is 0 Å². The van der Waals surface area contributed by atoms with E-state index in [9.17, 15) is 4.39 Å². The largest absolute Gasteiger partial charge is 0.289 e. The third kappa shape index (κ3) is 3.69. The van der Waals surface area contributed by atoms with E-state index in [-0.39, 0.29) is 5.82 Å². The minimum Gasteiger partial charge on any atom is -0.289 e. The van der Waals surface area contributed by atoms with Crippen LogP contribution >= 0.6 is 11.6 Å². The highest BCUT2D eigenvalue weighted by Crippen LogP contribution is 2.17. The SMILES string of the molecule is CN(CCc1cc(Cl)ccc1F)C(C)(C)C#N. The van der Waals surface area contributed by atoms with E-state index in [1.807, 2.05) is 25.8 Å². The normalized spacial score (nSPS) is 11.6. The first-order valence-corrected chi connectivity index (χ1v) is 5.81. The highest BCUT2D eigenvalue weighted by Gasteiger charge is 2.22. The number of hydrogen-bond acceptors (Lipinski definition) is 2. The number of likely N-dealkylation sites (N-methyl/N-ethyl adjacent to an activating group) is 1. The van der Waals surface area contributed by atoms with Crippen LogP contribution in [0.5, 0.6) is 0 Å². The Hall–Kier alpha value is -1.11. The second-order valence-electron chi connectivity index (χ2n) is 4.58. The quantitative estimate of drug-likeness (QED) is 0.825. The molecule has 0 spiro atoms. The van der Waals surface area contributed by atoms with Gasteiger partial charge in [0.1, 0.15) is 11.4 Å². The zero-order valence-electron chi connectivity index (χ0n) is 10.3. The van der Waals surface area contributed by atoms with E-state index in [0.717, 1.165) is 0 Å². The van der Waals surface area contributed by atoms with Gasteiger partial charge in [0.2, 0.25) is 0 Å². The van der Waals surface area contributed by atoms with Gasteiger partial charge in [0.15, 0.2) is 0 Å². The van der Waals surface area contributed by atoms with E-state index < -0.39 is 5.54 Å². The molecule has 1 aromatic rings. The Morgan fingerprint density at radius 2 is 2.12 bits per heavy atom. The fourth-order valence-corrected chi connectivity index (χ4v) is 1.58. The highest BCUT2D eigenvalue weighted by atomic mass is 35.5. The number of nitriles is 1. The van der Waals surface area contributed by atoms with Gasteiger partial charge in [-0.1, -0.05) is 11.6 Å². The molecule has 1 rings (SSSR count). The van der Waals surface area contributed by atoms with Crippen molar-refractivity contribution in [1.82, 2.24) is 4.90 Å². The Morgan fingerprint density at radius 3 is 2.71 bits per heavy atom. The number of benzene rings is 1. The summed E-state index contributed by atoms with van der Waals surface area (Å²) in [5, 5.41) is 9.50. The average Bonchev–Trinajstić information content (AvgIpc) is 2.29. The standard InChI is InChI=1S/C13H16ClFN2/c1-13(2,9-16)17(3)7-6-10-8-11(14)4-5-12(10)15/h4-5,8H,6-7H2,1-3H3. The van der Waals surface area contributed by atoms with Crippen molar-refractivity contribution in [2.75, 3.05) is 13.6 Å². The topological polar surface area (TPSA) is 27.0 Å². The van der Waals surface area contributed by atoms with Gasteiger partial charge < -0.3 is 0 Å². The molecule has 0 saturated heterocycles. The molecule has 0 N–H and O–H groups in total. The van der Waals surface area contributed by atoms with Gasteiger partial charge in [0.05, 0.1) is 6.07 Å². The van der Waals surface area contributed by atoms with Crippen LogP contribution in [0.15, 0.2) is 18.2 Å². The first-order chi connectivity index (χ1) is 7.86. The zero-order chi connectivity index (χ0) is 13.1. The third-order valence-corrected chi connectivity index (χ3v) is 3.19. The summed E-state index contributed by atoms with van der Waals surface area (Å²) in [5.74, 6) is -0.252. The molecule has 0 fully saturated rings. The minimum atomic E-state index is -0.547. The Kier molecular flexibility index (Phi) is 4.50. The summed E-state index contributed by atoms with van der Waals surface area (Å²) in [7, 11) is 1.85. The van der Waals surface area contributed by atoms with Gasteiger partial charge >= 0.3 is 0 Å². The molecule has 0 aromatic heterocycles. The summed E-state index contributed by atoms with van der Waals surface area (Å²) in [6.45, 7) is 4.28. The molecular formula is C13H16ClFN2. The van der Waals surface area contributed by atoms with E-state index in [1.165, 1.54) is 12.1 Å². The summed E-state index contributed by atoms with van der Waals surface area (Å²) >= 11 is 5.82. The minimum absolute atomic E-state index is 0.252. The lowest BCUT2D eigenvalue weighted by Crippen LogP contribution is -2.40. The fraction of sp³-hybridized carbons (Fsp3) is 0.462. The number of hydrogen-bond donors (Lipinski definition) is 0. The van der Waals surface area contributed by atoms with Crippen molar-refractivity contribution < 1.29 is 4.39 Å². The molecular weight excluding hydrogens is 239 g/mol. The van der Waals surface area contributed by atoms with Crippen molar-refractivity contribution in [1.29, 1.82) is 5.26 Å². The van der Waals surface area contributed by atoms with E-state index >= 15 is 0 Å². The summed E-state index contributed by atoms with van der Waals surface area (Å²) in [4.78, 5) is 1.90. The predicted octanol–water partition coefficient (Wildman–Crippen LogP) is 3.26. The fourth-order valence-electron chi connectivity index (χ4n) is 1.39. The van der Waals surface area contributed by atoms with Gasteiger partial charge in [0, 0.05) is 11.6 Å². The molecule has 0 atom stereocenters. The highest BCUT2D eigenvalue weighted by molar-refractivity contribution is 6.30. The molecule has 0 amide bonds. The van der Waals surface area contributed by atoms with Crippen LogP contribution in [0, 0.1) is 17.1 Å². The second-order valence-corrected chi connectivity index (χ2v) is 5.01. The van der Waals surface area contributed by atoms with Crippen molar-refractivity contribution in [3.05, 3.63) is 34.6 Å². The van der Waals surface area contributed by atoms with Gasteiger partial charge in [-0.05, 0) is 51.1 Å². The number of nitrogens with zero attached hydrogens (tertiary/aromatic N) is 2. The van der Waals surface area contributed by atoms with Crippen molar-refractivity contribution in [2.24, 2.45) is 0 Å². The van der Waals surface area contributed by atoms with Gasteiger partial charge in [-0.25, -0.2) is 4.39 Å². The molecule has 0 aliphatic rings. The maximum Gasteiger partial charge on any atom is 0.126 e. The van der Waals surface area contributed by atoms with Gasteiger partial charge in [-0.2, -0.15) is 5.26 Å². The molecule has 92 valence electrons. The van der Waals surface area contributed by atoms with Crippen molar-refractivity contribution in [3.8, 4) is 6.07 Å². The Morgan fingerprint density at radius 1 is 1.47 bits per heavy atom. The zero-order valence-corrected chi connectivity index (χ0v) is 11.1. The summed E-state index contributed by atoms with van der Waals surface area (Å²) < 4.78 is 13.5. The summed E-state index contributed by atoms with van der Waals surface area (Å²) in [5.41, 5.74) is 0.0350. The molecule has 0 heterocycles. The monoisotopic (exact) mass is 254 g/mol. The number of halogens is 2. The summed E-state index contributed by atoms with van der Waals surface area (Å²) in [6, 6.07) is 6.74. The van der Waals surface area contributed by atoms with E-state index in [2.05, 4.69) is 6.07 Å². The molecule has 0 saturated carbocycles. The molecule has 0 aliphatic heterocycles. The van der Waals surface area contributed by atoms with E-state index in [1.54, 1.807) is 6.07 Å². The van der Waals surface area contributed by atoms with Crippen LogP contribution in [0.25, 0.3) is 0 Å². The van der Waals surface area contributed by atoms with Crippen LogP contribution in [0.4, 0.5) is 4.39 Å². The predicted molar refractivity (Wildman–Crippen MR) is 67.4 cm³/mol. The van der Waals surface area contributed by atoms with Crippen LogP contribution in [0.3, 0.4) is 0 Å². The first-order valence-electron chi connectivity index (χ1n) is 5.43. The Bertz CT molecular complexity index is 438. The van der Waals surface area contributed by atoms with E-state index in [4.69, 9.17) is 16.9 Å². The first kappa shape index (κ1) is 14.0. The lowest BCUT2D eigenvalue weighted by Gasteiger charge is -2.28. The molecule has 1 aromatic carbocycles. The molecule has 0 radical (unpaired) electrons. The lowest BCUT2D eigenvalue weighted by molar-refractivity contribution is 0.213. The van der Waals surface area contributed by atoms with Crippen LogP contribution in [-0.2, 0) is 6.42 Å². The second kappa shape index (κ2) is 5.48. The Labute approximate surface area is 107 Å². The summed E-state index contributed by atoms with van der Waals surface area (Å²) in [6.07, 6.45) is 0.536. The average molecular weight is 255 g/mol. The van der Waals surface area contributed by atoms with Gasteiger partial charge in [0.25, 0.3) is 0 Å². The molecule has 0 aliphatic carbocycles. The van der Waals surface area contributed by atoms with E-state index in [0.29, 0.717) is 23.6 Å². The maximum absolute atomic E-state index is 13.5. The molecule has 0 bridgehead atoms. The van der Waals surface area contributed by atoms with Crippen molar-refractivity contribution in [2.45, 2.75) is 25.8 Å². The smallest absolute Gasteiger partial charge is 0.126 e. The van der Waals surface area contributed by atoms with Crippen LogP contribution < -0.4 is 0 Å². The number of rotatable bonds is 4. The third-order valence-electron chi connectivity index (χ3n) is 2.95. The lowest BCUT2D eigenvalue weighted by atomic mass is 10.0. The van der Waals surface area contributed by atoms with Crippen LogP contribution in [-0.4, -0.2) is 24.0 Å². The molecule has 17 heavy (non-hydrogen) atoms. The van der Waals surface area contributed by atoms with Crippen molar-refractivity contribution >= 4 is 11.6 Å². The molecule has 0 unspecified atom stereocenters. The van der Waals surface area contributed by atoms with Gasteiger partial charge in [-0.15, -0.1) is 0 Å². The Balaban J connectivity index is 2.69. The maximum atomic E-state index is 13.5.